The molecule has 0 aromatic heterocycles. The second kappa shape index (κ2) is 5.57. The standard InChI is InChI=1S/C14H17F2NO/c1-10-4-6-17(7-5-10)9-14(18)12-8-11(15)2-3-13(12)16/h2-3,8,10H,4-7,9H2,1H3. The molecule has 0 unspecified atom stereocenters. The fraction of sp³-hybridized carbons (Fsp3) is 0.500. The van der Waals surface area contributed by atoms with E-state index >= 15 is 0 Å². The molecule has 1 saturated heterocycles. The summed E-state index contributed by atoms with van der Waals surface area (Å²) < 4.78 is 26.4. The number of nitrogens with zero attached hydrogens (tertiary/aromatic N) is 1. The van der Waals surface area contributed by atoms with Crippen LogP contribution in [-0.2, 0) is 0 Å². The van der Waals surface area contributed by atoms with Crippen LogP contribution in [0.5, 0.6) is 0 Å². The average Bonchev–Trinajstić information content (AvgIpc) is 2.35. The molecular formula is C14H17F2NO. The van der Waals surface area contributed by atoms with E-state index in [1.165, 1.54) is 0 Å². The van der Waals surface area contributed by atoms with Crippen molar-refractivity contribution in [2.45, 2.75) is 19.8 Å². The fourth-order valence-electron chi connectivity index (χ4n) is 2.22. The van der Waals surface area contributed by atoms with Crippen molar-refractivity contribution in [3.8, 4) is 0 Å². The summed E-state index contributed by atoms with van der Waals surface area (Å²) >= 11 is 0. The maximum atomic E-state index is 13.4. The van der Waals surface area contributed by atoms with Gasteiger partial charge in [0.25, 0.3) is 0 Å². The molecule has 1 aromatic carbocycles. The Kier molecular flexibility index (Phi) is 4.07. The third-order valence-electron chi connectivity index (χ3n) is 3.47. The lowest BCUT2D eigenvalue weighted by Crippen LogP contribution is -2.37. The smallest absolute Gasteiger partial charge is 0.179 e. The normalized spacial score (nSPS) is 17.9. The molecular weight excluding hydrogens is 236 g/mol. The molecule has 0 N–H and O–H groups in total. The van der Waals surface area contributed by atoms with Crippen molar-refractivity contribution in [3.05, 3.63) is 35.4 Å². The molecule has 1 aliphatic rings. The molecule has 0 bridgehead atoms. The number of piperidine rings is 1. The van der Waals surface area contributed by atoms with Crippen LogP contribution in [-0.4, -0.2) is 30.3 Å². The van der Waals surface area contributed by atoms with E-state index in [0.29, 0.717) is 5.92 Å². The molecule has 1 aliphatic heterocycles. The van der Waals surface area contributed by atoms with E-state index in [1.807, 2.05) is 4.90 Å². The van der Waals surface area contributed by atoms with Crippen LogP contribution in [0.15, 0.2) is 18.2 Å². The van der Waals surface area contributed by atoms with Crippen LogP contribution >= 0.6 is 0 Å². The Morgan fingerprint density at radius 2 is 2.00 bits per heavy atom. The van der Waals surface area contributed by atoms with Gasteiger partial charge in [-0.3, -0.25) is 9.69 Å². The van der Waals surface area contributed by atoms with E-state index < -0.39 is 11.6 Å². The molecule has 1 heterocycles. The summed E-state index contributed by atoms with van der Waals surface area (Å²) in [6.07, 6.45) is 2.11. The maximum absolute atomic E-state index is 13.4. The largest absolute Gasteiger partial charge is 0.296 e. The zero-order chi connectivity index (χ0) is 13.1. The number of hydrogen-bond acceptors (Lipinski definition) is 2. The lowest BCUT2D eigenvalue weighted by Gasteiger charge is -2.29. The average molecular weight is 253 g/mol. The van der Waals surface area contributed by atoms with Gasteiger partial charge in [-0.15, -0.1) is 0 Å². The van der Waals surface area contributed by atoms with Crippen molar-refractivity contribution in [1.82, 2.24) is 4.90 Å². The number of carbonyl (C=O) groups is 1. The van der Waals surface area contributed by atoms with Crippen molar-refractivity contribution in [3.63, 3.8) is 0 Å². The van der Waals surface area contributed by atoms with Gasteiger partial charge in [-0.2, -0.15) is 0 Å². The lowest BCUT2D eigenvalue weighted by molar-refractivity contribution is 0.0895. The molecule has 2 rings (SSSR count). The molecule has 4 heteroatoms. The van der Waals surface area contributed by atoms with Gasteiger partial charge in [-0.25, -0.2) is 8.78 Å². The molecule has 0 aliphatic carbocycles. The third-order valence-corrected chi connectivity index (χ3v) is 3.47. The first kappa shape index (κ1) is 13.1. The molecule has 18 heavy (non-hydrogen) atoms. The highest BCUT2D eigenvalue weighted by Crippen LogP contribution is 2.17. The van der Waals surface area contributed by atoms with Crippen molar-refractivity contribution in [2.24, 2.45) is 5.92 Å². The highest BCUT2D eigenvalue weighted by molar-refractivity contribution is 5.97. The number of rotatable bonds is 3. The molecule has 0 spiro atoms. The van der Waals surface area contributed by atoms with E-state index in [-0.39, 0.29) is 17.9 Å². The summed E-state index contributed by atoms with van der Waals surface area (Å²) in [5.74, 6) is -0.886. The van der Waals surface area contributed by atoms with Crippen molar-refractivity contribution < 1.29 is 13.6 Å². The van der Waals surface area contributed by atoms with Crippen molar-refractivity contribution in [1.29, 1.82) is 0 Å². The number of hydrogen-bond donors (Lipinski definition) is 0. The number of halogens is 2. The van der Waals surface area contributed by atoms with E-state index in [4.69, 9.17) is 0 Å². The van der Waals surface area contributed by atoms with Crippen LogP contribution in [0.4, 0.5) is 8.78 Å². The fourth-order valence-corrected chi connectivity index (χ4v) is 2.22. The second-order valence-electron chi connectivity index (χ2n) is 5.01. The Balaban J connectivity index is 2.01. The second-order valence-corrected chi connectivity index (χ2v) is 5.01. The van der Waals surface area contributed by atoms with Crippen LogP contribution in [0.2, 0.25) is 0 Å². The minimum Gasteiger partial charge on any atom is -0.296 e. The third kappa shape index (κ3) is 3.13. The van der Waals surface area contributed by atoms with Gasteiger partial charge in [0, 0.05) is 0 Å². The first-order chi connectivity index (χ1) is 8.56. The monoisotopic (exact) mass is 253 g/mol. The maximum Gasteiger partial charge on any atom is 0.179 e. The quantitative estimate of drug-likeness (QED) is 0.772. The summed E-state index contributed by atoms with van der Waals surface area (Å²) in [6, 6.07) is 3.00. The molecule has 1 fully saturated rings. The Labute approximate surface area is 106 Å². The molecule has 1 aromatic rings. The first-order valence-corrected chi connectivity index (χ1v) is 6.27. The summed E-state index contributed by atoms with van der Waals surface area (Å²) in [5, 5.41) is 0. The highest BCUT2D eigenvalue weighted by atomic mass is 19.1. The van der Waals surface area contributed by atoms with Crippen LogP contribution in [0.1, 0.15) is 30.1 Å². The van der Waals surface area contributed by atoms with E-state index in [1.54, 1.807) is 0 Å². The predicted molar refractivity (Wildman–Crippen MR) is 65.5 cm³/mol. The number of benzene rings is 1. The molecule has 0 saturated carbocycles. The minimum atomic E-state index is -0.647. The summed E-state index contributed by atoms with van der Waals surface area (Å²) in [5.41, 5.74) is -0.145. The predicted octanol–water partition coefficient (Wildman–Crippen LogP) is 2.88. The van der Waals surface area contributed by atoms with Gasteiger partial charge >= 0.3 is 0 Å². The first-order valence-electron chi connectivity index (χ1n) is 6.27. The molecule has 0 amide bonds. The Morgan fingerprint density at radius 1 is 1.33 bits per heavy atom. The van der Waals surface area contributed by atoms with E-state index in [0.717, 1.165) is 44.1 Å². The van der Waals surface area contributed by atoms with E-state index in [2.05, 4.69) is 6.92 Å². The van der Waals surface area contributed by atoms with Gasteiger partial charge in [0.15, 0.2) is 5.78 Å². The Bertz CT molecular complexity index is 439. The van der Waals surface area contributed by atoms with Crippen LogP contribution in [0, 0.1) is 17.6 Å². The van der Waals surface area contributed by atoms with Crippen molar-refractivity contribution in [2.75, 3.05) is 19.6 Å². The summed E-state index contributed by atoms with van der Waals surface area (Å²) in [6.45, 7) is 4.06. The number of Topliss-reactive ketones (excluding diaryl/α,β-unsaturated/α-hetero) is 1. The van der Waals surface area contributed by atoms with Crippen LogP contribution in [0.3, 0.4) is 0 Å². The molecule has 0 radical (unpaired) electrons. The minimum absolute atomic E-state index is 0.145. The van der Waals surface area contributed by atoms with Gasteiger partial charge in [0.05, 0.1) is 12.1 Å². The zero-order valence-corrected chi connectivity index (χ0v) is 10.5. The van der Waals surface area contributed by atoms with Gasteiger partial charge in [0.2, 0.25) is 0 Å². The molecule has 98 valence electrons. The summed E-state index contributed by atoms with van der Waals surface area (Å²) in [7, 11) is 0. The number of carbonyl (C=O) groups excluding carboxylic acids is 1. The van der Waals surface area contributed by atoms with Crippen molar-refractivity contribution >= 4 is 5.78 Å². The number of ketones is 1. The van der Waals surface area contributed by atoms with Gasteiger partial charge in [-0.05, 0) is 50.0 Å². The molecule has 0 atom stereocenters. The van der Waals surface area contributed by atoms with Gasteiger partial charge in [0.1, 0.15) is 11.6 Å². The SMILES string of the molecule is CC1CCN(CC(=O)c2cc(F)ccc2F)CC1. The topological polar surface area (TPSA) is 20.3 Å². The van der Waals surface area contributed by atoms with Gasteiger partial charge < -0.3 is 0 Å². The summed E-state index contributed by atoms with van der Waals surface area (Å²) in [4.78, 5) is 13.9. The Hall–Kier alpha value is -1.29. The lowest BCUT2D eigenvalue weighted by atomic mass is 9.98. The highest BCUT2D eigenvalue weighted by Gasteiger charge is 2.20. The number of likely N-dealkylation sites (tertiary alicyclic amines) is 1. The Morgan fingerprint density at radius 3 is 2.67 bits per heavy atom. The zero-order valence-electron chi connectivity index (χ0n) is 10.5. The molecule has 2 nitrogen and oxygen atoms in total. The van der Waals surface area contributed by atoms with Gasteiger partial charge in [-0.1, -0.05) is 6.92 Å². The van der Waals surface area contributed by atoms with E-state index in [9.17, 15) is 13.6 Å². The van der Waals surface area contributed by atoms with Crippen LogP contribution in [0.25, 0.3) is 0 Å². The van der Waals surface area contributed by atoms with Crippen LogP contribution < -0.4 is 0 Å².